The summed E-state index contributed by atoms with van der Waals surface area (Å²) in [6.45, 7) is 3.87. The average molecular weight is 477 g/mol. The maximum Gasteiger partial charge on any atom is 0.237 e. The number of para-hydroxylation sites is 1. The van der Waals surface area contributed by atoms with Gasteiger partial charge in [-0.15, -0.1) is 10.2 Å². The fourth-order valence-electron chi connectivity index (χ4n) is 3.40. The third-order valence-electron chi connectivity index (χ3n) is 5.36. The van der Waals surface area contributed by atoms with Crippen LogP contribution in [-0.4, -0.2) is 33.0 Å². The van der Waals surface area contributed by atoms with Crippen LogP contribution in [0.25, 0.3) is 17.1 Å². The molecule has 0 unspecified atom stereocenters. The Morgan fingerprint density at radius 2 is 1.76 bits per heavy atom. The summed E-state index contributed by atoms with van der Waals surface area (Å²) in [6, 6.07) is 21.5. The molecule has 4 rings (SSSR count). The van der Waals surface area contributed by atoms with Gasteiger partial charge in [0.05, 0.1) is 18.0 Å². The van der Waals surface area contributed by atoms with E-state index in [2.05, 4.69) is 22.4 Å². The summed E-state index contributed by atoms with van der Waals surface area (Å²) in [5, 5.41) is 11.5. The van der Waals surface area contributed by atoms with Crippen molar-refractivity contribution in [3.8, 4) is 22.8 Å². The number of methoxy groups -OCH3 is 1. The molecule has 34 heavy (non-hydrogen) atoms. The molecular formula is C26H25FN4O2S. The van der Waals surface area contributed by atoms with Crippen molar-refractivity contribution in [1.82, 2.24) is 14.8 Å². The summed E-state index contributed by atoms with van der Waals surface area (Å²) in [4.78, 5) is 12.9. The number of nitrogens with zero attached hydrogens (tertiary/aromatic N) is 3. The number of ether oxygens (including phenoxy) is 1. The van der Waals surface area contributed by atoms with E-state index in [0.29, 0.717) is 22.4 Å². The number of thioether (sulfide) groups is 1. The lowest BCUT2D eigenvalue weighted by molar-refractivity contribution is -0.115. The summed E-state index contributed by atoms with van der Waals surface area (Å²) in [6.07, 6.45) is 0.933. The molecule has 1 amide bonds. The van der Waals surface area contributed by atoms with Crippen molar-refractivity contribution in [1.29, 1.82) is 0 Å². The third kappa shape index (κ3) is 5.12. The molecule has 174 valence electrons. The van der Waals surface area contributed by atoms with Gasteiger partial charge in [-0.1, -0.05) is 43.0 Å². The SMILES string of the molecule is CCc1ccc(NC(=O)[C@H](C)Sc2nnc(-c3ccc(OC)cc3)n2-c2ccccc2F)cc1. The first-order valence-corrected chi connectivity index (χ1v) is 11.8. The zero-order valence-electron chi connectivity index (χ0n) is 19.2. The van der Waals surface area contributed by atoms with Crippen molar-refractivity contribution in [2.24, 2.45) is 0 Å². The molecule has 1 N–H and O–H groups in total. The second kappa shape index (κ2) is 10.5. The lowest BCUT2D eigenvalue weighted by Crippen LogP contribution is -2.23. The summed E-state index contributed by atoms with van der Waals surface area (Å²) < 4.78 is 21.7. The number of hydrogen-bond acceptors (Lipinski definition) is 5. The minimum Gasteiger partial charge on any atom is -0.497 e. The highest BCUT2D eigenvalue weighted by Crippen LogP contribution is 2.32. The van der Waals surface area contributed by atoms with Crippen LogP contribution < -0.4 is 10.1 Å². The van der Waals surface area contributed by atoms with Gasteiger partial charge in [0.15, 0.2) is 11.0 Å². The molecule has 1 aromatic heterocycles. The molecule has 0 bridgehead atoms. The minimum absolute atomic E-state index is 0.177. The number of hydrogen-bond donors (Lipinski definition) is 1. The van der Waals surface area contributed by atoms with E-state index in [-0.39, 0.29) is 5.91 Å². The van der Waals surface area contributed by atoms with Gasteiger partial charge in [0.2, 0.25) is 5.91 Å². The largest absolute Gasteiger partial charge is 0.497 e. The summed E-state index contributed by atoms with van der Waals surface area (Å²) in [5.74, 6) is 0.584. The Labute approximate surface area is 202 Å². The van der Waals surface area contributed by atoms with Gasteiger partial charge >= 0.3 is 0 Å². The lowest BCUT2D eigenvalue weighted by atomic mass is 10.1. The first-order valence-electron chi connectivity index (χ1n) is 10.9. The molecule has 0 radical (unpaired) electrons. The number of aryl methyl sites for hydroxylation is 1. The van der Waals surface area contributed by atoms with Crippen molar-refractivity contribution < 1.29 is 13.9 Å². The smallest absolute Gasteiger partial charge is 0.237 e. The number of anilines is 1. The molecule has 8 heteroatoms. The lowest BCUT2D eigenvalue weighted by Gasteiger charge is -2.15. The topological polar surface area (TPSA) is 69.0 Å². The number of rotatable bonds is 8. The zero-order valence-corrected chi connectivity index (χ0v) is 20.0. The summed E-state index contributed by atoms with van der Waals surface area (Å²) >= 11 is 1.22. The molecule has 0 saturated heterocycles. The van der Waals surface area contributed by atoms with E-state index >= 15 is 0 Å². The van der Waals surface area contributed by atoms with E-state index in [9.17, 15) is 9.18 Å². The molecule has 1 atom stereocenters. The Bertz CT molecular complexity index is 1270. The monoisotopic (exact) mass is 476 g/mol. The number of benzene rings is 3. The zero-order chi connectivity index (χ0) is 24.1. The van der Waals surface area contributed by atoms with Gasteiger partial charge in [-0.2, -0.15) is 0 Å². The van der Waals surface area contributed by atoms with Crippen LogP contribution >= 0.6 is 11.8 Å². The van der Waals surface area contributed by atoms with Crippen LogP contribution in [0.4, 0.5) is 10.1 Å². The average Bonchev–Trinajstić information content (AvgIpc) is 3.27. The van der Waals surface area contributed by atoms with Gasteiger partial charge < -0.3 is 10.1 Å². The quantitative estimate of drug-likeness (QED) is 0.327. The maximum atomic E-state index is 14.8. The van der Waals surface area contributed by atoms with Crippen molar-refractivity contribution in [3.63, 3.8) is 0 Å². The molecule has 1 heterocycles. The fraction of sp³-hybridized carbons (Fsp3) is 0.192. The standard InChI is InChI=1S/C26H25FN4O2S/c1-4-18-9-13-20(14-10-18)28-25(32)17(2)34-26-30-29-24(19-11-15-21(33-3)16-12-19)31(26)23-8-6-5-7-22(23)27/h5-17H,4H2,1-3H3,(H,28,32)/t17-/m0/s1. The third-order valence-corrected chi connectivity index (χ3v) is 6.40. The van der Waals surface area contributed by atoms with Crippen molar-refractivity contribution in [2.75, 3.05) is 12.4 Å². The van der Waals surface area contributed by atoms with E-state index in [1.807, 2.05) is 48.5 Å². The highest BCUT2D eigenvalue weighted by molar-refractivity contribution is 8.00. The van der Waals surface area contributed by atoms with Crippen LogP contribution in [-0.2, 0) is 11.2 Å². The second-order valence-corrected chi connectivity index (χ2v) is 8.93. The Hall–Kier alpha value is -3.65. The maximum absolute atomic E-state index is 14.8. The fourth-order valence-corrected chi connectivity index (χ4v) is 4.26. The van der Waals surface area contributed by atoms with E-state index in [4.69, 9.17) is 4.74 Å². The normalized spacial score (nSPS) is 11.8. The molecule has 3 aromatic carbocycles. The van der Waals surface area contributed by atoms with Gasteiger partial charge in [0.25, 0.3) is 0 Å². The van der Waals surface area contributed by atoms with Crippen molar-refractivity contribution >= 4 is 23.4 Å². The number of halogens is 1. The number of aromatic nitrogens is 3. The molecule has 6 nitrogen and oxygen atoms in total. The highest BCUT2D eigenvalue weighted by atomic mass is 32.2. The second-order valence-electron chi connectivity index (χ2n) is 7.62. The van der Waals surface area contributed by atoms with Crippen LogP contribution in [0.5, 0.6) is 5.75 Å². The molecule has 0 spiro atoms. The van der Waals surface area contributed by atoms with Crippen molar-refractivity contribution in [3.05, 3.63) is 84.2 Å². The van der Waals surface area contributed by atoms with Gasteiger partial charge in [-0.3, -0.25) is 9.36 Å². The number of carbonyl (C=O) groups is 1. The highest BCUT2D eigenvalue weighted by Gasteiger charge is 2.23. The van der Waals surface area contributed by atoms with Gasteiger partial charge in [0.1, 0.15) is 11.6 Å². The Kier molecular flexibility index (Phi) is 7.27. The number of nitrogens with one attached hydrogen (secondary N) is 1. The van der Waals surface area contributed by atoms with E-state index in [1.54, 1.807) is 36.8 Å². The van der Waals surface area contributed by atoms with E-state index in [1.165, 1.54) is 23.4 Å². The first-order chi connectivity index (χ1) is 16.5. The molecular weight excluding hydrogens is 451 g/mol. The summed E-state index contributed by atoms with van der Waals surface area (Å²) in [7, 11) is 1.59. The molecule has 0 aliphatic heterocycles. The first kappa shape index (κ1) is 23.5. The van der Waals surface area contributed by atoms with E-state index in [0.717, 1.165) is 17.7 Å². The predicted molar refractivity (Wildman–Crippen MR) is 133 cm³/mol. The van der Waals surface area contributed by atoms with Gasteiger partial charge in [-0.05, 0) is 67.4 Å². The Morgan fingerprint density at radius 1 is 1.06 bits per heavy atom. The molecule has 0 aliphatic carbocycles. The van der Waals surface area contributed by atoms with Gasteiger partial charge in [-0.25, -0.2) is 4.39 Å². The van der Waals surface area contributed by atoms with Gasteiger partial charge in [0, 0.05) is 11.3 Å². The van der Waals surface area contributed by atoms with E-state index < -0.39 is 11.1 Å². The molecule has 4 aromatic rings. The number of carbonyl (C=O) groups excluding carboxylic acids is 1. The van der Waals surface area contributed by atoms with Crippen LogP contribution in [0.1, 0.15) is 19.4 Å². The minimum atomic E-state index is -0.496. The van der Waals surface area contributed by atoms with Crippen LogP contribution in [0.2, 0.25) is 0 Å². The summed E-state index contributed by atoms with van der Waals surface area (Å²) in [5.41, 5.74) is 2.98. The molecule has 0 fully saturated rings. The van der Waals surface area contributed by atoms with Crippen LogP contribution in [0.15, 0.2) is 78.0 Å². The molecule has 0 aliphatic rings. The predicted octanol–water partition coefficient (Wildman–Crippen LogP) is 5.76. The van der Waals surface area contributed by atoms with Crippen LogP contribution in [0, 0.1) is 5.82 Å². The van der Waals surface area contributed by atoms with Crippen LogP contribution in [0.3, 0.4) is 0 Å². The Morgan fingerprint density at radius 3 is 2.41 bits per heavy atom. The molecule has 0 saturated carbocycles. The Balaban J connectivity index is 1.63. The number of amides is 1. The van der Waals surface area contributed by atoms with Crippen molar-refractivity contribution in [2.45, 2.75) is 30.7 Å².